The van der Waals surface area contributed by atoms with Gasteiger partial charge in [-0.15, -0.1) is 11.3 Å². The van der Waals surface area contributed by atoms with Gasteiger partial charge in [0.1, 0.15) is 17.6 Å². The third-order valence-electron chi connectivity index (χ3n) is 5.52. The molecule has 0 aliphatic heterocycles. The van der Waals surface area contributed by atoms with Crippen LogP contribution in [0.2, 0.25) is 0 Å². The minimum atomic E-state index is -0.303. The van der Waals surface area contributed by atoms with Crippen LogP contribution in [0, 0.1) is 11.3 Å². The Morgan fingerprint density at radius 2 is 2.11 bits per heavy atom. The summed E-state index contributed by atoms with van der Waals surface area (Å²) in [5.41, 5.74) is 2.32. The van der Waals surface area contributed by atoms with Gasteiger partial charge in [-0.3, -0.25) is 14.2 Å². The fraction of sp³-hybridized carbons (Fsp3) is 0.500. The van der Waals surface area contributed by atoms with E-state index in [1.54, 1.807) is 6.07 Å². The number of rotatable bonds is 4. The van der Waals surface area contributed by atoms with Crippen LogP contribution in [0.4, 0.5) is 5.00 Å². The Balaban J connectivity index is 1.48. The third-order valence-corrected chi connectivity index (χ3v) is 6.73. The Labute approximate surface area is 161 Å². The van der Waals surface area contributed by atoms with Crippen LogP contribution in [-0.4, -0.2) is 15.5 Å². The summed E-state index contributed by atoms with van der Waals surface area (Å²) in [7, 11) is 0. The van der Waals surface area contributed by atoms with Crippen molar-refractivity contribution in [2.24, 2.45) is 0 Å². The molecule has 2 aromatic heterocycles. The van der Waals surface area contributed by atoms with Gasteiger partial charge in [-0.1, -0.05) is 12.8 Å². The van der Waals surface area contributed by atoms with Crippen molar-refractivity contribution in [1.29, 1.82) is 5.26 Å². The summed E-state index contributed by atoms with van der Waals surface area (Å²) >= 11 is 1.50. The van der Waals surface area contributed by atoms with Gasteiger partial charge in [-0.2, -0.15) is 5.26 Å². The van der Waals surface area contributed by atoms with Gasteiger partial charge in [0.15, 0.2) is 0 Å². The van der Waals surface area contributed by atoms with E-state index < -0.39 is 0 Å². The molecule has 0 unspecified atom stereocenters. The highest BCUT2D eigenvalue weighted by atomic mass is 32.1. The number of hydrogen-bond acceptors (Lipinski definition) is 5. The van der Waals surface area contributed by atoms with Crippen molar-refractivity contribution in [2.75, 3.05) is 5.32 Å². The molecule has 1 N–H and O–H groups in total. The van der Waals surface area contributed by atoms with Crippen LogP contribution in [0.1, 0.15) is 66.1 Å². The second-order valence-electron chi connectivity index (χ2n) is 7.34. The molecule has 2 aliphatic carbocycles. The van der Waals surface area contributed by atoms with Gasteiger partial charge >= 0.3 is 0 Å². The van der Waals surface area contributed by atoms with Gasteiger partial charge in [0.05, 0.1) is 17.6 Å². The summed E-state index contributed by atoms with van der Waals surface area (Å²) < 4.78 is 1.32. The number of anilines is 1. The highest BCUT2D eigenvalue weighted by molar-refractivity contribution is 7.16. The number of thiophene rings is 1. The summed E-state index contributed by atoms with van der Waals surface area (Å²) in [6.45, 7) is -0.0930. The summed E-state index contributed by atoms with van der Waals surface area (Å²) in [4.78, 5) is 30.3. The van der Waals surface area contributed by atoms with Crippen LogP contribution >= 0.6 is 11.3 Å². The van der Waals surface area contributed by atoms with Crippen molar-refractivity contribution in [3.05, 3.63) is 44.4 Å². The van der Waals surface area contributed by atoms with Crippen LogP contribution in [0.3, 0.4) is 0 Å². The maximum atomic E-state index is 12.5. The molecule has 2 heterocycles. The molecular formula is C20H22N4O2S. The number of fused-ring (bicyclic) bond motifs is 1. The van der Waals surface area contributed by atoms with Crippen molar-refractivity contribution in [3.8, 4) is 6.07 Å². The predicted molar refractivity (Wildman–Crippen MR) is 104 cm³/mol. The third kappa shape index (κ3) is 3.67. The van der Waals surface area contributed by atoms with E-state index in [2.05, 4.69) is 16.4 Å². The average molecular weight is 382 g/mol. The van der Waals surface area contributed by atoms with E-state index in [1.165, 1.54) is 39.9 Å². The smallest absolute Gasteiger partial charge is 0.254 e. The molecule has 0 radical (unpaired) electrons. The first-order chi connectivity index (χ1) is 13.2. The fourth-order valence-electron chi connectivity index (χ4n) is 3.76. The van der Waals surface area contributed by atoms with E-state index in [0.717, 1.165) is 49.8 Å². The number of nitrogens with zero attached hydrogens (tertiary/aromatic N) is 3. The van der Waals surface area contributed by atoms with Crippen molar-refractivity contribution in [3.63, 3.8) is 0 Å². The van der Waals surface area contributed by atoms with Gasteiger partial charge in [0.25, 0.3) is 5.56 Å². The Bertz CT molecular complexity index is 965. The van der Waals surface area contributed by atoms with Crippen LogP contribution in [-0.2, 0) is 24.2 Å². The molecule has 1 saturated carbocycles. The van der Waals surface area contributed by atoms with Crippen LogP contribution in [0.15, 0.2) is 17.2 Å². The summed E-state index contributed by atoms with van der Waals surface area (Å²) in [5.74, 6) is 0.0871. The Kier molecular flexibility index (Phi) is 5.08. The summed E-state index contributed by atoms with van der Waals surface area (Å²) in [5, 5.41) is 13.0. The molecule has 1 fully saturated rings. The lowest BCUT2D eigenvalue weighted by Gasteiger charge is -2.24. The molecule has 0 atom stereocenters. The lowest BCUT2D eigenvalue weighted by molar-refractivity contribution is -0.116. The first-order valence-electron chi connectivity index (χ1n) is 9.56. The Hall–Kier alpha value is -2.46. The molecule has 4 rings (SSSR count). The second kappa shape index (κ2) is 7.65. The van der Waals surface area contributed by atoms with Crippen LogP contribution < -0.4 is 10.9 Å². The Morgan fingerprint density at radius 3 is 2.81 bits per heavy atom. The highest BCUT2D eigenvalue weighted by Gasteiger charge is 2.23. The molecule has 6 nitrogen and oxygen atoms in total. The lowest BCUT2D eigenvalue weighted by atomic mass is 9.83. The molecule has 2 aliphatic rings. The van der Waals surface area contributed by atoms with Crippen molar-refractivity contribution in [1.82, 2.24) is 9.55 Å². The summed E-state index contributed by atoms with van der Waals surface area (Å²) in [6.07, 6.45) is 10.1. The van der Waals surface area contributed by atoms with E-state index in [0.29, 0.717) is 16.5 Å². The van der Waals surface area contributed by atoms with Gasteiger partial charge in [0.2, 0.25) is 5.91 Å². The first-order valence-corrected chi connectivity index (χ1v) is 10.4. The number of carbonyl (C=O) groups excluding carboxylic acids is 1. The molecule has 2 aromatic rings. The number of aromatic nitrogens is 2. The fourth-order valence-corrected chi connectivity index (χ4v) is 5.01. The molecule has 0 saturated heterocycles. The van der Waals surface area contributed by atoms with Gasteiger partial charge in [-0.25, -0.2) is 4.98 Å². The number of nitrogens with one attached hydrogen (secondary N) is 1. The van der Waals surface area contributed by atoms with Gasteiger partial charge < -0.3 is 5.32 Å². The average Bonchev–Trinajstić information content (AvgIpc) is 2.75. The molecular weight excluding hydrogens is 360 g/mol. The number of carbonyl (C=O) groups is 1. The minimum Gasteiger partial charge on any atom is -0.315 e. The van der Waals surface area contributed by atoms with Crippen molar-refractivity contribution < 1.29 is 4.79 Å². The van der Waals surface area contributed by atoms with Gasteiger partial charge in [0, 0.05) is 16.9 Å². The standard InChI is InChI=1S/C20H22N4O2S/c21-10-15-14-7-2-1-3-8-17(14)27-20(15)23-18(25)11-24-12-22-16(9-19(24)26)13-5-4-6-13/h9,12-13H,1-8,11H2,(H,23,25). The molecule has 0 bridgehead atoms. The lowest BCUT2D eigenvalue weighted by Crippen LogP contribution is -2.28. The van der Waals surface area contributed by atoms with Gasteiger partial charge in [-0.05, 0) is 44.1 Å². The maximum Gasteiger partial charge on any atom is 0.254 e. The SMILES string of the molecule is N#Cc1c(NC(=O)Cn2cnc(C3CCC3)cc2=O)sc2c1CCCCC2. The van der Waals surface area contributed by atoms with Crippen LogP contribution in [0.5, 0.6) is 0 Å². The largest absolute Gasteiger partial charge is 0.315 e. The van der Waals surface area contributed by atoms with E-state index in [1.807, 2.05) is 0 Å². The number of amides is 1. The normalized spacial score (nSPS) is 16.7. The molecule has 7 heteroatoms. The molecule has 0 aromatic carbocycles. The second-order valence-corrected chi connectivity index (χ2v) is 8.44. The topological polar surface area (TPSA) is 87.8 Å². The van der Waals surface area contributed by atoms with E-state index >= 15 is 0 Å². The quantitative estimate of drug-likeness (QED) is 0.822. The number of nitriles is 1. The van der Waals surface area contributed by atoms with E-state index in [9.17, 15) is 14.9 Å². The van der Waals surface area contributed by atoms with E-state index in [-0.39, 0.29) is 18.0 Å². The van der Waals surface area contributed by atoms with Crippen molar-refractivity contribution >= 4 is 22.2 Å². The highest BCUT2D eigenvalue weighted by Crippen LogP contribution is 2.37. The molecule has 1 amide bonds. The monoisotopic (exact) mass is 382 g/mol. The predicted octanol–water partition coefficient (Wildman–Crippen LogP) is 3.35. The number of aryl methyl sites for hydroxylation is 1. The summed E-state index contributed by atoms with van der Waals surface area (Å²) in [6, 6.07) is 3.81. The zero-order valence-electron chi connectivity index (χ0n) is 15.2. The zero-order valence-corrected chi connectivity index (χ0v) is 16.0. The van der Waals surface area contributed by atoms with Crippen molar-refractivity contribution in [2.45, 2.75) is 63.8 Å². The number of hydrogen-bond donors (Lipinski definition) is 1. The molecule has 140 valence electrons. The first kappa shape index (κ1) is 17.9. The molecule has 0 spiro atoms. The Morgan fingerprint density at radius 1 is 1.30 bits per heavy atom. The van der Waals surface area contributed by atoms with E-state index in [4.69, 9.17) is 0 Å². The minimum absolute atomic E-state index is 0.0930. The zero-order chi connectivity index (χ0) is 18.8. The maximum absolute atomic E-state index is 12.5. The van der Waals surface area contributed by atoms with Crippen LogP contribution in [0.25, 0.3) is 0 Å². The molecule has 27 heavy (non-hydrogen) atoms.